The van der Waals surface area contributed by atoms with E-state index < -0.39 is 35.2 Å². The fraction of sp³-hybridized carbons (Fsp3) is 0.261. The Hall–Kier alpha value is -4.15. The van der Waals surface area contributed by atoms with Gasteiger partial charge in [0.15, 0.2) is 16.4 Å². The number of ether oxygens (including phenoxy) is 1. The van der Waals surface area contributed by atoms with E-state index in [0.717, 1.165) is 16.2 Å². The molecule has 5 rings (SSSR count). The summed E-state index contributed by atoms with van der Waals surface area (Å²) in [4.78, 5) is 59.9. The van der Waals surface area contributed by atoms with Crippen LogP contribution >= 0.6 is 34.7 Å². The predicted octanol–water partition coefficient (Wildman–Crippen LogP) is -0.840. The third-order valence-corrected chi connectivity index (χ3v) is 8.56. The average Bonchev–Trinajstić information content (AvgIpc) is 3.49. The second kappa shape index (κ2) is 10.8. The lowest BCUT2D eigenvalue weighted by Gasteiger charge is -2.50. The van der Waals surface area contributed by atoms with Crippen molar-refractivity contribution in [1.29, 1.82) is 0 Å². The number of carbonyl (C=O) groups excluding carboxylic acids is 4. The maximum absolute atomic E-state index is 13.1. The number of carboxylic acid groups (broad SMARTS) is 1. The minimum Gasteiger partial charge on any atom is -0.543 e. The van der Waals surface area contributed by atoms with E-state index in [4.69, 9.17) is 26.9 Å². The number of thiazole rings is 1. The third kappa shape index (κ3) is 4.84. The maximum Gasteiger partial charge on any atom is 0.338 e. The van der Waals surface area contributed by atoms with Crippen LogP contribution < -0.4 is 20.7 Å². The number of amides is 2. The number of esters is 1. The second-order valence-corrected chi connectivity index (χ2v) is 11.3. The number of fused-ring (bicyclic) bond motifs is 2. The van der Waals surface area contributed by atoms with Crippen molar-refractivity contribution < 1.29 is 38.4 Å². The number of halogens is 1. The molecule has 0 bridgehead atoms. The van der Waals surface area contributed by atoms with Crippen molar-refractivity contribution in [2.45, 2.75) is 18.0 Å². The number of nitrogens with one attached hydrogen (secondary N) is 1. The van der Waals surface area contributed by atoms with Crippen LogP contribution in [0.15, 0.2) is 47.3 Å². The molecular weight excluding hydrogens is 586 g/mol. The molecule has 14 nitrogen and oxygen atoms in total. The zero-order valence-electron chi connectivity index (χ0n) is 20.8. The summed E-state index contributed by atoms with van der Waals surface area (Å²) in [5.74, 6) is -3.16. The topological polar surface area (TPSA) is 185 Å². The zero-order chi connectivity index (χ0) is 28.7. The largest absolute Gasteiger partial charge is 0.543 e. The SMILES string of the molecule is CO/N=C(\C(=O)N[C@@H]1C(=O)N2C(C(=O)[O-])=C(C[n+]3cc4cc(C(=O)OC)ccn4c3)CS[C@H]12)c1nc(N)sc1Cl. The molecule has 3 aromatic rings. The monoisotopic (exact) mass is 605 g/mol. The molecular formula is C23H20ClN7O7S2. The van der Waals surface area contributed by atoms with Crippen molar-refractivity contribution >= 4 is 74.8 Å². The number of β-lactam (4-membered cyclic amide) rings is 1. The van der Waals surface area contributed by atoms with Gasteiger partial charge in [0.25, 0.3) is 11.8 Å². The van der Waals surface area contributed by atoms with Gasteiger partial charge in [-0.3, -0.25) is 14.5 Å². The van der Waals surface area contributed by atoms with E-state index in [-0.39, 0.29) is 38.9 Å². The molecule has 17 heteroatoms. The summed E-state index contributed by atoms with van der Waals surface area (Å²) < 4.78 is 8.35. The summed E-state index contributed by atoms with van der Waals surface area (Å²) in [6.07, 6.45) is 5.14. The minimum absolute atomic E-state index is 0.00302. The van der Waals surface area contributed by atoms with Gasteiger partial charge in [-0.05, 0) is 6.07 Å². The number of thioether (sulfide) groups is 1. The lowest BCUT2D eigenvalue weighted by molar-refractivity contribution is -0.687. The minimum atomic E-state index is -1.51. The van der Waals surface area contributed by atoms with Crippen LogP contribution in [0.3, 0.4) is 0 Å². The number of carboxylic acids is 1. The van der Waals surface area contributed by atoms with E-state index in [1.54, 1.807) is 39.8 Å². The van der Waals surface area contributed by atoms with Gasteiger partial charge in [-0.2, -0.15) is 0 Å². The van der Waals surface area contributed by atoms with Gasteiger partial charge < -0.3 is 30.5 Å². The Balaban J connectivity index is 1.36. The van der Waals surface area contributed by atoms with Gasteiger partial charge >= 0.3 is 5.97 Å². The summed E-state index contributed by atoms with van der Waals surface area (Å²) in [5.41, 5.74) is 6.62. The third-order valence-electron chi connectivity index (χ3n) is 6.13. The van der Waals surface area contributed by atoms with Crippen molar-refractivity contribution in [3.63, 3.8) is 0 Å². The molecule has 2 amide bonds. The zero-order valence-corrected chi connectivity index (χ0v) is 23.2. The number of aliphatic carboxylic acids is 1. The lowest BCUT2D eigenvalue weighted by atomic mass is 10.0. The molecule has 0 saturated carbocycles. The number of rotatable bonds is 8. The number of imidazole rings is 1. The first kappa shape index (κ1) is 27.4. The molecule has 2 aliphatic heterocycles. The standard InChI is InChI=1S/C23H20ClN7O7S2/c1-37-22(36)10-3-4-30-9-29(7-12(30)5-10)6-11-8-39-20-15(19(33)31(20)16(11)21(34)35)26-18(32)14(28-38-2)13-17(24)40-23(25)27-13/h3-5,7,9,15,20H,6,8H2,1-2H3,(H3-,25,26,27,32,34,35)/b28-14-/t15-,20-/m1/s1. The van der Waals surface area contributed by atoms with Gasteiger partial charge in [0, 0.05) is 17.4 Å². The highest BCUT2D eigenvalue weighted by molar-refractivity contribution is 8.00. The van der Waals surface area contributed by atoms with Gasteiger partial charge in [-0.25, -0.2) is 18.7 Å². The molecule has 1 saturated heterocycles. The number of carbonyl (C=O) groups is 4. The number of methoxy groups -OCH3 is 1. The van der Waals surface area contributed by atoms with E-state index in [9.17, 15) is 24.3 Å². The van der Waals surface area contributed by atoms with Gasteiger partial charge in [0.05, 0.1) is 30.5 Å². The number of pyridine rings is 1. The molecule has 0 unspecified atom stereocenters. The number of nitrogens with two attached hydrogens (primary N) is 1. The first-order chi connectivity index (χ1) is 19.1. The maximum atomic E-state index is 13.1. The van der Waals surface area contributed by atoms with Crippen molar-refractivity contribution in [1.82, 2.24) is 19.6 Å². The molecule has 0 spiro atoms. The van der Waals surface area contributed by atoms with Gasteiger partial charge in [-0.15, -0.1) is 11.8 Å². The van der Waals surface area contributed by atoms with E-state index >= 15 is 0 Å². The molecule has 0 aliphatic carbocycles. The van der Waals surface area contributed by atoms with E-state index in [0.29, 0.717) is 16.7 Å². The Morgan fingerprint density at radius 2 is 2.15 bits per heavy atom. The number of hydrogen-bond acceptors (Lipinski definition) is 12. The summed E-state index contributed by atoms with van der Waals surface area (Å²) in [5, 5.41) is 17.8. The quantitative estimate of drug-likeness (QED) is 0.108. The molecule has 3 aromatic heterocycles. The van der Waals surface area contributed by atoms with Crippen LogP contribution in [0.5, 0.6) is 0 Å². The Morgan fingerprint density at radius 1 is 1.38 bits per heavy atom. The number of anilines is 1. The van der Waals surface area contributed by atoms with Crippen LogP contribution in [0.2, 0.25) is 4.34 Å². The Bertz CT molecular complexity index is 1630. The molecule has 2 atom stereocenters. The van der Waals surface area contributed by atoms with Gasteiger partial charge in [0.1, 0.15) is 41.3 Å². The van der Waals surface area contributed by atoms with Crippen molar-refractivity contribution in [3.05, 3.63) is 57.7 Å². The number of aromatic nitrogens is 3. The van der Waals surface area contributed by atoms with Crippen LogP contribution in [0.1, 0.15) is 16.1 Å². The van der Waals surface area contributed by atoms with Crippen molar-refractivity contribution in [2.75, 3.05) is 25.7 Å². The molecule has 5 heterocycles. The molecule has 40 heavy (non-hydrogen) atoms. The Labute approximate surface area is 239 Å². The molecule has 3 N–H and O–H groups in total. The van der Waals surface area contributed by atoms with Gasteiger partial charge in [-0.1, -0.05) is 28.1 Å². The Kier molecular flexibility index (Phi) is 7.39. The summed E-state index contributed by atoms with van der Waals surface area (Å²) in [7, 11) is 2.52. The van der Waals surface area contributed by atoms with Crippen LogP contribution in [0.4, 0.5) is 5.13 Å². The van der Waals surface area contributed by atoms with Crippen LogP contribution in [-0.2, 0) is 30.5 Å². The van der Waals surface area contributed by atoms with Crippen LogP contribution in [0, 0.1) is 0 Å². The number of nitrogen functional groups attached to an aromatic ring is 1. The smallest absolute Gasteiger partial charge is 0.338 e. The molecule has 208 valence electrons. The first-order valence-electron chi connectivity index (χ1n) is 11.4. The van der Waals surface area contributed by atoms with Crippen LogP contribution in [0.25, 0.3) is 5.52 Å². The molecule has 0 radical (unpaired) electrons. The second-order valence-electron chi connectivity index (χ2n) is 8.55. The Morgan fingerprint density at radius 3 is 2.80 bits per heavy atom. The molecule has 1 fully saturated rings. The van der Waals surface area contributed by atoms with Crippen molar-refractivity contribution in [3.8, 4) is 0 Å². The highest BCUT2D eigenvalue weighted by Crippen LogP contribution is 2.40. The summed E-state index contributed by atoms with van der Waals surface area (Å²) in [6.45, 7) is 0.146. The highest BCUT2D eigenvalue weighted by Gasteiger charge is 2.53. The van der Waals surface area contributed by atoms with Crippen LogP contribution in [-0.4, -0.2) is 75.1 Å². The normalized spacial score (nSPS) is 18.8. The number of oxime groups is 1. The summed E-state index contributed by atoms with van der Waals surface area (Å²) >= 11 is 8.34. The first-order valence-corrected chi connectivity index (χ1v) is 13.7. The summed E-state index contributed by atoms with van der Waals surface area (Å²) in [6, 6.07) is 2.21. The molecule has 0 aromatic carbocycles. The van der Waals surface area contributed by atoms with E-state index in [2.05, 4.69) is 15.5 Å². The fourth-order valence-electron chi connectivity index (χ4n) is 4.40. The predicted molar refractivity (Wildman–Crippen MR) is 141 cm³/mol. The van der Waals surface area contributed by atoms with E-state index in [1.807, 2.05) is 0 Å². The fourth-order valence-corrected chi connectivity index (χ4v) is 6.67. The van der Waals surface area contributed by atoms with Crippen molar-refractivity contribution in [2.24, 2.45) is 5.16 Å². The number of hydrogen-bond donors (Lipinski definition) is 2. The lowest BCUT2D eigenvalue weighted by Crippen LogP contribution is -2.71. The average molecular weight is 606 g/mol. The number of nitrogens with zero attached hydrogens (tertiary/aromatic N) is 5. The van der Waals surface area contributed by atoms with E-state index in [1.165, 1.54) is 26.0 Å². The highest BCUT2D eigenvalue weighted by atomic mass is 35.5. The van der Waals surface area contributed by atoms with Gasteiger partial charge in [0.2, 0.25) is 6.33 Å². The molecule has 2 aliphatic rings.